The molecule has 0 spiro atoms. The Labute approximate surface area is 162 Å². The third-order valence-corrected chi connectivity index (χ3v) is 6.71. The highest BCUT2D eigenvalue weighted by molar-refractivity contribution is 7.15. The number of aromatic nitrogens is 2. The zero-order valence-corrected chi connectivity index (χ0v) is 16.1. The van der Waals surface area contributed by atoms with Crippen LogP contribution in [0.1, 0.15) is 47.0 Å². The monoisotopic (exact) mass is 379 g/mol. The molecule has 1 amide bonds. The van der Waals surface area contributed by atoms with Crippen molar-refractivity contribution in [1.82, 2.24) is 10.1 Å². The Morgan fingerprint density at radius 2 is 2.00 bits per heavy atom. The van der Waals surface area contributed by atoms with E-state index < -0.39 is 0 Å². The second kappa shape index (κ2) is 6.60. The van der Waals surface area contributed by atoms with Gasteiger partial charge in [-0.1, -0.05) is 22.9 Å². The molecule has 1 aromatic carbocycles. The van der Waals surface area contributed by atoms with Crippen LogP contribution in [0.2, 0.25) is 0 Å². The van der Waals surface area contributed by atoms with Gasteiger partial charge in [-0.25, -0.2) is 0 Å². The predicted octanol–water partition coefficient (Wildman–Crippen LogP) is 4.51. The number of nitrogens with zero attached hydrogens (tertiary/aromatic N) is 3. The van der Waals surface area contributed by atoms with Crippen molar-refractivity contribution < 1.29 is 9.32 Å². The van der Waals surface area contributed by atoms with Crippen molar-refractivity contribution in [2.45, 2.75) is 44.9 Å². The number of carbonyl (C=O) groups excluding carboxylic acids is 1. The molecule has 3 heterocycles. The lowest BCUT2D eigenvalue weighted by atomic mass is 9.99. The van der Waals surface area contributed by atoms with E-state index in [1.54, 1.807) is 11.3 Å². The minimum absolute atomic E-state index is 0.0223. The largest absolute Gasteiger partial charge is 0.333 e. The first-order chi connectivity index (χ1) is 13.2. The van der Waals surface area contributed by atoms with E-state index in [1.165, 1.54) is 28.8 Å². The van der Waals surface area contributed by atoms with Crippen LogP contribution in [0.15, 0.2) is 34.9 Å². The molecule has 27 heavy (non-hydrogen) atoms. The van der Waals surface area contributed by atoms with Gasteiger partial charge in [0, 0.05) is 29.4 Å². The highest BCUT2D eigenvalue weighted by Gasteiger charge is 2.34. The molecular weight excluding hydrogens is 358 g/mol. The molecule has 2 aromatic heterocycles. The molecule has 1 aliphatic heterocycles. The van der Waals surface area contributed by atoms with Gasteiger partial charge in [-0.15, -0.1) is 11.3 Å². The van der Waals surface area contributed by atoms with Crippen molar-refractivity contribution in [3.05, 3.63) is 52.2 Å². The van der Waals surface area contributed by atoms with E-state index in [1.807, 2.05) is 36.1 Å². The molecule has 1 saturated heterocycles. The summed E-state index contributed by atoms with van der Waals surface area (Å²) in [6.07, 6.45) is 5.26. The van der Waals surface area contributed by atoms with Crippen LogP contribution in [0.25, 0.3) is 10.8 Å². The molecule has 5 nitrogen and oxygen atoms in total. The van der Waals surface area contributed by atoms with Crippen molar-refractivity contribution >= 4 is 22.9 Å². The van der Waals surface area contributed by atoms with Crippen LogP contribution in [0, 0.1) is 6.92 Å². The summed E-state index contributed by atoms with van der Waals surface area (Å²) in [5, 5.41) is 4.20. The number of hydrogen-bond donors (Lipinski definition) is 0. The Bertz CT molecular complexity index is 966. The third-order valence-electron chi connectivity index (χ3n) is 5.48. The molecule has 6 heteroatoms. The van der Waals surface area contributed by atoms with Crippen molar-refractivity contribution in [1.29, 1.82) is 0 Å². The molecule has 1 aliphatic carbocycles. The SMILES string of the molecule is Cc1ccc(N2CC(c3noc(-c4cc5c(s4)CCCC5)n3)CC2=O)cc1. The van der Waals surface area contributed by atoms with Crippen molar-refractivity contribution in [2.24, 2.45) is 0 Å². The Morgan fingerprint density at radius 1 is 1.19 bits per heavy atom. The summed E-state index contributed by atoms with van der Waals surface area (Å²) >= 11 is 1.77. The van der Waals surface area contributed by atoms with Crippen LogP contribution in [-0.2, 0) is 17.6 Å². The number of rotatable bonds is 3. The number of hydrogen-bond acceptors (Lipinski definition) is 5. The molecular formula is C21H21N3O2S. The van der Waals surface area contributed by atoms with Crippen LogP contribution < -0.4 is 4.90 Å². The van der Waals surface area contributed by atoms with Gasteiger partial charge >= 0.3 is 0 Å². The number of thiophene rings is 1. The topological polar surface area (TPSA) is 59.2 Å². The maximum absolute atomic E-state index is 12.5. The molecule has 3 aromatic rings. The molecule has 0 radical (unpaired) electrons. The number of benzene rings is 1. The van der Waals surface area contributed by atoms with E-state index in [0.29, 0.717) is 24.7 Å². The minimum atomic E-state index is -0.0223. The van der Waals surface area contributed by atoms with Crippen LogP contribution in [-0.4, -0.2) is 22.6 Å². The fraction of sp³-hybridized carbons (Fsp3) is 0.381. The number of amides is 1. The number of aryl methyl sites for hydroxylation is 3. The Kier molecular flexibility index (Phi) is 4.08. The summed E-state index contributed by atoms with van der Waals surface area (Å²) in [5.74, 6) is 1.32. The molecule has 0 N–H and O–H groups in total. The van der Waals surface area contributed by atoms with E-state index >= 15 is 0 Å². The Balaban J connectivity index is 1.36. The van der Waals surface area contributed by atoms with Crippen LogP contribution >= 0.6 is 11.3 Å². The number of carbonyl (C=O) groups is 1. The normalized spacial score (nSPS) is 19.5. The summed E-state index contributed by atoms with van der Waals surface area (Å²) in [4.78, 5) is 21.5. The van der Waals surface area contributed by atoms with Crippen molar-refractivity contribution in [3.8, 4) is 10.8 Å². The first-order valence-electron chi connectivity index (χ1n) is 9.50. The second-order valence-corrected chi connectivity index (χ2v) is 8.60. The smallest absolute Gasteiger partial charge is 0.268 e. The first-order valence-corrected chi connectivity index (χ1v) is 10.3. The lowest BCUT2D eigenvalue weighted by Crippen LogP contribution is -2.24. The average molecular weight is 379 g/mol. The van der Waals surface area contributed by atoms with Gasteiger partial charge in [-0.3, -0.25) is 4.79 Å². The van der Waals surface area contributed by atoms with E-state index in [9.17, 15) is 4.79 Å². The highest BCUT2D eigenvalue weighted by Crippen LogP contribution is 2.36. The molecule has 1 unspecified atom stereocenters. The minimum Gasteiger partial charge on any atom is -0.333 e. The molecule has 1 atom stereocenters. The highest BCUT2D eigenvalue weighted by atomic mass is 32.1. The van der Waals surface area contributed by atoms with E-state index in [2.05, 4.69) is 16.2 Å². The lowest BCUT2D eigenvalue weighted by Gasteiger charge is -2.16. The Hall–Kier alpha value is -2.47. The maximum atomic E-state index is 12.5. The molecule has 1 fully saturated rings. The first kappa shape index (κ1) is 16.7. The van der Waals surface area contributed by atoms with Gasteiger partial charge < -0.3 is 9.42 Å². The van der Waals surface area contributed by atoms with E-state index in [-0.39, 0.29) is 11.8 Å². The van der Waals surface area contributed by atoms with Gasteiger partial charge in [-0.2, -0.15) is 4.98 Å². The fourth-order valence-corrected chi connectivity index (χ4v) is 5.13. The van der Waals surface area contributed by atoms with Gasteiger partial charge in [0.25, 0.3) is 5.89 Å². The molecule has 0 bridgehead atoms. The van der Waals surface area contributed by atoms with Crippen molar-refractivity contribution in [3.63, 3.8) is 0 Å². The van der Waals surface area contributed by atoms with Gasteiger partial charge in [0.05, 0.1) is 4.88 Å². The Morgan fingerprint density at radius 3 is 2.81 bits per heavy atom. The fourth-order valence-electron chi connectivity index (χ4n) is 3.95. The zero-order chi connectivity index (χ0) is 18.4. The molecule has 138 valence electrons. The average Bonchev–Trinajstić information content (AvgIpc) is 3.39. The van der Waals surface area contributed by atoms with E-state index in [0.717, 1.165) is 23.4 Å². The van der Waals surface area contributed by atoms with Crippen molar-refractivity contribution in [2.75, 3.05) is 11.4 Å². The lowest BCUT2D eigenvalue weighted by molar-refractivity contribution is -0.117. The predicted molar refractivity (Wildman–Crippen MR) is 105 cm³/mol. The number of fused-ring (bicyclic) bond motifs is 1. The third kappa shape index (κ3) is 3.08. The van der Waals surface area contributed by atoms with Gasteiger partial charge in [0.15, 0.2) is 5.82 Å². The molecule has 5 rings (SSSR count). The second-order valence-electron chi connectivity index (χ2n) is 7.46. The summed E-state index contributed by atoms with van der Waals surface area (Å²) < 4.78 is 5.55. The summed E-state index contributed by atoms with van der Waals surface area (Å²) in [6.45, 7) is 2.64. The van der Waals surface area contributed by atoms with Gasteiger partial charge in [0.1, 0.15) is 0 Å². The zero-order valence-electron chi connectivity index (χ0n) is 15.3. The summed E-state index contributed by atoms with van der Waals surface area (Å²) in [7, 11) is 0. The quantitative estimate of drug-likeness (QED) is 0.672. The number of anilines is 1. The molecule has 2 aliphatic rings. The standard InChI is InChI=1S/C21H21N3O2S/c1-13-6-8-16(9-7-13)24-12-15(11-19(24)25)20-22-21(26-23-20)18-10-14-4-2-3-5-17(14)27-18/h6-10,15H,2-5,11-12H2,1H3. The molecule has 0 saturated carbocycles. The van der Waals surface area contributed by atoms with Gasteiger partial charge in [-0.05, 0) is 56.4 Å². The van der Waals surface area contributed by atoms with E-state index in [4.69, 9.17) is 4.52 Å². The summed E-state index contributed by atoms with van der Waals surface area (Å²) in [5.41, 5.74) is 3.55. The maximum Gasteiger partial charge on any atom is 0.268 e. The summed E-state index contributed by atoms with van der Waals surface area (Å²) in [6, 6.07) is 10.2. The van der Waals surface area contributed by atoms with Gasteiger partial charge in [0.2, 0.25) is 5.91 Å². The van der Waals surface area contributed by atoms with Crippen LogP contribution in [0.4, 0.5) is 5.69 Å². The van der Waals surface area contributed by atoms with Crippen LogP contribution in [0.3, 0.4) is 0 Å². The van der Waals surface area contributed by atoms with Crippen LogP contribution in [0.5, 0.6) is 0 Å².